The molecule has 5 heteroatoms. The third-order valence-electron chi connectivity index (χ3n) is 6.32. The van der Waals surface area contributed by atoms with Gasteiger partial charge in [0.05, 0.1) is 12.1 Å². The molecule has 29 heavy (non-hydrogen) atoms. The largest absolute Gasteiger partial charge is 0.376 e. The van der Waals surface area contributed by atoms with Gasteiger partial charge in [-0.15, -0.1) is 0 Å². The minimum Gasteiger partial charge on any atom is -0.376 e. The van der Waals surface area contributed by atoms with Gasteiger partial charge in [-0.1, -0.05) is 31.2 Å². The number of likely N-dealkylation sites (tertiary alicyclic amines) is 1. The summed E-state index contributed by atoms with van der Waals surface area (Å²) in [5, 5.41) is 3.21. The molecule has 0 radical (unpaired) electrons. The van der Waals surface area contributed by atoms with Crippen LogP contribution in [0.25, 0.3) is 0 Å². The first-order valence-corrected chi connectivity index (χ1v) is 11.3. The Bertz CT molecular complexity index is 684. The van der Waals surface area contributed by atoms with Gasteiger partial charge in [0.1, 0.15) is 0 Å². The zero-order valence-electron chi connectivity index (χ0n) is 18.0. The van der Waals surface area contributed by atoms with E-state index in [-0.39, 0.29) is 29.9 Å². The van der Waals surface area contributed by atoms with Gasteiger partial charge in [-0.2, -0.15) is 0 Å². The first-order valence-electron chi connectivity index (χ1n) is 11.3. The van der Waals surface area contributed by atoms with Crippen LogP contribution in [-0.4, -0.2) is 48.6 Å². The second-order valence-electron chi connectivity index (χ2n) is 8.55. The van der Waals surface area contributed by atoms with Crippen LogP contribution in [0.5, 0.6) is 0 Å². The Morgan fingerprint density at radius 1 is 1.17 bits per heavy atom. The van der Waals surface area contributed by atoms with Crippen molar-refractivity contribution in [2.24, 2.45) is 5.92 Å². The molecule has 1 aromatic carbocycles. The maximum Gasteiger partial charge on any atom is 0.225 e. The van der Waals surface area contributed by atoms with Crippen LogP contribution in [0.3, 0.4) is 0 Å². The Hall–Kier alpha value is -1.88. The molecule has 1 saturated heterocycles. The van der Waals surface area contributed by atoms with Crippen molar-refractivity contribution in [1.29, 1.82) is 0 Å². The molecule has 0 unspecified atom stereocenters. The lowest BCUT2D eigenvalue weighted by molar-refractivity contribution is -0.138. The second kappa shape index (κ2) is 10.8. The zero-order valence-corrected chi connectivity index (χ0v) is 18.0. The molecule has 2 aliphatic rings. The second-order valence-corrected chi connectivity index (χ2v) is 8.55. The van der Waals surface area contributed by atoms with Gasteiger partial charge in [0.15, 0.2) is 0 Å². The summed E-state index contributed by atoms with van der Waals surface area (Å²) < 4.78 is 6.09. The highest BCUT2D eigenvalue weighted by atomic mass is 16.5. The first-order chi connectivity index (χ1) is 14.1. The maximum atomic E-state index is 12.8. The van der Waals surface area contributed by atoms with E-state index in [0.29, 0.717) is 13.0 Å². The lowest BCUT2D eigenvalue weighted by Gasteiger charge is -2.37. The van der Waals surface area contributed by atoms with Crippen LogP contribution in [0.4, 0.5) is 0 Å². The van der Waals surface area contributed by atoms with Crippen LogP contribution in [0.2, 0.25) is 0 Å². The summed E-state index contributed by atoms with van der Waals surface area (Å²) >= 11 is 0. The standard InChI is InChI=1S/C24H36N2O3/c1-3-16-29-22-17-20(24(28)26-14-6-7-15-26)10-12-21(22)25-23(27)13-11-19-9-5-4-8-18(19)2/h4-5,8-9,20-22H,3,6-7,10-17H2,1-2H3,(H,25,27)/t20-,21+,22+/m0/s1. The fourth-order valence-corrected chi connectivity index (χ4v) is 4.59. The SMILES string of the molecule is CCCO[C@@H]1C[C@@H](C(=O)N2CCCC2)CC[C@H]1NC(=O)CCc1ccccc1C. The van der Waals surface area contributed by atoms with Gasteiger partial charge in [0.25, 0.3) is 0 Å². The molecule has 3 rings (SSSR count). The van der Waals surface area contributed by atoms with Gasteiger partial charge in [-0.05, 0) is 63.0 Å². The molecule has 3 atom stereocenters. The van der Waals surface area contributed by atoms with Gasteiger partial charge in [-0.25, -0.2) is 0 Å². The van der Waals surface area contributed by atoms with Crippen molar-refractivity contribution < 1.29 is 14.3 Å². The van der Waals surface area contributed by atoms with Gasteiger partial charge in [0.2, 0.25) is 11.8 Å². The monoisotopic (exact) mass is 400 g/mol. The fourth-order valence-electron chi connectivity index (χ4n) is 4.59. The molecule has 0 bridgehead atoms. The van der Waals surface area contributed by atoms with E-state index in [4.69, 9.17) is 4.74 Å². The predicted octanol–water partition coefficient (Wildman–Crippen LogP) is 3.63. The van der Waals surface area contributed by atoms with Crippen LogP contribution >= 0.6 is 0 Å². The number of nitrogens with one attached hydrogen (secondary N) is 1. The molecule has 2 amide bonds. The molecule has 1 aliphatic heterocycles. The molecule has 0 aromatic heterocycles. The molecule has 0 spiro atoms. The number of carbonyl (C=O) groups is 2. The third kappa shape index (κ3) is 6.05. The van der Waals surface area contributed by atoms with E-state index in [1.165, 1.54) is 11.1 Å². The number of nitrogens with zero attached hydrogens (tertiary/aromatic N) is 1. The van der Waals surface area contributed by atoms with E-state index in [2.05, 4.69) is 31.3 Å². The molecule has 160 valence electrons. The summed E-state index contributed by atoms with van der Waals surface area (Å²) in [5.41, 5.74) is 2.45. The van der Waals surface area contributed by atoms with Crippen LogP contribution in [0.1, 0.15) is 63.0 Å². The van der Waals surface area contributed by atoms with E-state index < -0.39 is 0 Å². The Morgan fingerprint density at radius 3 is 2.66 bits per heavy atom. The predicted molar refractivity (Wildman–Crippen MR) is 115 cm³/mol. The molecule has 5 nitrogen and oxygen atoms in total. The number of amides is 2. The van der Waals surface area contributed by atoms with E-state index in [1.54, 1.807) is 0 Å². The van der Waals surface area contributed by atoms with Crippen molar-refractivity contribution >= 4 is 11.8 Å². The molecule has 1 saturated carbocycles. The smallest absolute Gasteiger partial charge is 0.225 e. The molecular formula is C24H36N2O3. The van der Waals surface area contributed by atoms with Gasteiger partial charge < -0.3 is 15.0 Å². The Kier molecular flexibility index (Phi) is 8.10. The van der Waals surface area contributed by atoms with Crippen molar-refractivity contribution in [3.05, 3.63) is 35.4 Å². The summed E-state index contributed by atoms with van der Waals surface area (Å²) in [6, 6.07) is 8.23. The molecule has 2 fully saturated rings. The quantitative estimate of drug-likeness (QED) is 0.725. The van der Waals surface area contributed by atoms with E-state index in [1.807, 2.05) is 17.0 Å². The molecular weight excluding hydrogens is 364 g/mol. The normalized spacial score (nSPS) is 24.5. The van der Waals surface area contributed by atoms with Crippen LogP contribution < -0.4 is 5.32 Å². The van der Waals surface area contributed by atoms with Gasteiger partial charge >= 0.3 is 0 Å². The average molecular weight is 401 g/mol. The highest BCUT2D eigenvalue weighted by Gasteiger charge is 2.37. The fraction of sp³-hybridized carbons (Fsp3) is 0.667. The van der Waals surface area contributed by atoms with Crippen molar-refractivity contribution in [3.63, 3.8) is 0 Å². The van der Waals surface area contributed by atoms with Gasteiger partial charge in [0, 0.05) is 32.0 Å². The lowest BCUT2D eigenvalue weighted by atomic mass is 9.82. The highest BCUT2D eigenvalue weighted by molar-refractivity contribution is 5.79. The van der Waals surface area contributed by atoms with E-state index in [9.17, 15) is 9.59 Å². The Labute approximate surface area is 175 Å². The average Bonchev–Trinajstić information content (AvgIpc) is 3.27. The minimum absolute atomic E-state index is 0.00792. The maximum absolute atomic E-state index is 12.8. The molecule has 1 N–H and O–H groups in total. The lowest BCUT2D eigenvalue weighted by Crippen LogP contribution is -2.50. The van der Waals surface area contributed by atoms with Crippen molar-refractivity contribution in [2.75, 3.05) is 19.7 Å². The zero-order chi connectivity index (χ0) is 20.6. The summed E-state index contributed by atoms with van der Waals surface area (Å²) in [6.07, 6.45) is 6.72. The summed E-state index contributed by atoms with van der Waals surface area (Å²) in [4.78, 5) is 27.4. The molecule has 1 heterocycles. The minimum atomic E-state index is -0.0670. The highest BCUT2D eigenvalue weighted by Crippen LogP contribution is 2.30. The van der Waals surface area contributed by atoms with E-state index >= 15 is 0 Å². The van der Waals surface area contributed by atoms with E-state index in [0.717, 1.165) is 58.0 Å². The summed E-state index contributed by atoms with van der Waals surface area (Å²) in [7, 11) is 0. The summed E-state index contributed by atoms with van der Waals surface area (Å²) in [5.74, 6) is 0.402. The number of aryl methyl sites for hydroxylation is 2. The number of ether oxygens (including phenoxy) is 1. The molecule has 1 aliphatic carbocycles. The van der Waals surface area contributed by atoms with Crippen LogP contribution in [0.15, 0.2) is 24.3 Å². The topological polar surface area (TPSA) is 58.6 Å². The van der Waals surface area contributed by atoms with Crippen molar-refractivity contribution in [3.8, 4) is 0 Å². The van der Waals surface area contributed by atoms with Gasteiger partial charge in [-0.3, -0.25) is 9.59 Å². The number of hydrogen-bond acceptors (Lipinski definition) is 3. The summed E-state index contributed by atoms with van der Waals surface area (Å²) in [6.45, 7) is 6.64. The number of hydrogen-bond donors (Lipinski definition) is 1. The van der Waals surface area contributed by atoms with Crippen LogP contribution in [0, 0.1) is 12.8 Å². The van der Waals surface area contributed by atoms with Crippen LogP contribution in [-0.2, 0) is 20.7 Å². The third-order valence-corrected chi connectivity index (χ3v) is 6.32. The number of rotatable bonds is 8. The van der Waals surface area contributed by atoms with Crippen molar-refractivity contribution in [1.82, 2.24) is 10.2 Å². The molecule has 1 aromatic rings. The number of carbonyl (C=O) groups excluding carboxylic acids is 2. The number of benzene rings is 1. The first kappa shape index (κ1) is 21.8. The Balaban J connectivity index is 1.53. The Morgan fingerprint density at radius 2 is 1.93 bits per heavy atom. The van der Waals surface area contributed by atoms with Crippen molar-refractivity contribution in [2.45, 2.75) is 77.4 Å².